The van der Waals surface area contributed by atoms with Crippen molar-refractivity contribution in [1.29, 1.82) is 0 Å². The molecule has 19 heavy (non-hydrogen) atoms. The number of nitrogens with zero attached hydrogens (tertiary/aromatic N) is 1. The molecule has 2 unspecified atom stereocenters. The molecule has 4 heteroatoms. The molecule has 0 spiro atoms. The van der Waals surface area contributed by atoms with Gasteiger partial charge < -0.3 is 5.32 Å². The fraction of sp³-hybridized carbons (Fsp3) is 0.600. The minimum Gasteiger partial charge on any atom is -0.311 e. The molecule has 2 nitrogen and oxygen atoms in total. The Morgan fingerprint density at radius 3 is 2.74 bits per heavy atom. The molecule has 1 aliphatic heterocycles. The SMILES string of the molecule is CC1CN(Cc2ccc(Cl)c(Cl)c2)C(C2CC2)CN1. The molecule has 1 heterocycles. The first-order valence-corrected chi connectivity index (χ1v) is 7.80. The first kappa shape index (κ1) is 13.7. The number of halogens is 2. The summed E-state index contributed by atoms with van der Waals surface area (Å²) in [5.74, 6) is 0.891. The highest BCUT2D eigenvalue weighted by Crippen LogP contribution is 2.37. The van der Waals surface area contributed by atoms with Gasteiger partial charge >= 0.3 is 0 Å². The van der Waals surface area contributed by atoms with Crippen molar-refractivity contribution in [3.63, 3.8) is 0 Å². The maximum absolute atomic E-state index is 6.11. The second-order valence-corrected chi connectivity index (χ2v) is 6.71. The summed E-state index contributed by atoms with van der Waals surface area (Å²) in [6.45, 7) is 5.46. The summed E-state index contributed by atoms with van der Waals surface area (Å²) in [6.07, 6.45) is 2.78. The van der Waals surface area contributed by atoms with Crippen LogP contribution in [0, 0.1) is 5.92 Å². The van der Waals surface area contributed by atoms with Gasteiger partial charge in [0.05, 0.1) is 10.0 Å². The normalized spacial score (nSPS) is 28.6. The second-order valence-electron chi connectivity index (χ2n) is 5.89. The van der Waals surface area contributed by atoms with Gasteiger partial charge in [0, 0.05) is 31.7 Å². The zero-order valence-corrected chi connectivity index (χ0v) is 12.7. The van der Waals surface area contributed by atoms with Crippen molar-refractivity contribution in [3.05, 3.63) is 33.8 Å². The molecule has 104 valence electrons. The smallest absolute Gasteiger partial charge is 0.0595 e. The first-order chi connectivity index (χ1) is 9.13. The number of hydrogen-bond donors (Lipinski definition) is 1. The van der Waals surface area contributed by atoms with Gasteiger partial charge in [-0.3, -0.25) is 4.90 Å². The van der Waals surface area contributed by atoms with Crippen LogP contribution < -0.4 is 5.32 Å². The van der Waals surface area contributed by atoms with Crippen molar-refractivity contribution in [1.82, 2.24) is 10.2 Å². The van der Waals surface area contributed by atoms with Crippen LogP contribution >= 0.6 is 23.2 Å². The van der Waals surface area contributed by atoms with Gasteiger partial charge in [-0.15, -0.1) is 0 Å². The molecule has 2 atom stereocenters. The maximum atomic E-state index is 6.11. The molecular weight excluding hydrogens is 279 g/mol. The second kappa shape index (κ2) is 5.61. The first-order valence-electron chi connectivity index (χ1n) is 7.05. The Morgan fingerprint density at radius 1 is 1.26 bits per heavy atom. The van der Waals surface area contributed by atoms with E-state index in [9.17, 15) is 0 Å². The van der Waals surface area contributed by atoms with E-state index >= 15 is 0 Å². The molecule has 2 fully saturated rings. The van der Waals surface area contributed by atoms with Crippen LogP contribution in [0.25, 0.3) is 0 Å². The Labute approximate surface area is 125 Å². The van der Waals surface area contributed by atoms with Crippen molar-refractivity contribution < 1.29 is 0 Å². The van der Waals surface area contributed by atoms with E-state index < -0.39 is 0 Å². The van der Waals surface area contributed by atoms with Crippen LogP contribution in [-0.2, 0) is 6.54 Å². The molecule has 2 aliphatic rings. The molecule has 1 aromatic rings. The van der Waals surface area contributed by atoms with Crippen LogP contribution in [-0.4, -0.2) is 30.1 Å². The fourth-order valence-electron chi connectivity index (χ4n) is 3.00. The van der Waals surface area contributed by atoms with Crippen LogP contribution in [0.3, 0.4) is 0 Å². The van der Waals surface area contributed by atoms with Gasteiger partial charge in [-0.05, 0) is 43.4 Å². The van der Waals surface area contributed by atoms with Gasteiger partial charge in [-0.1, -0.05) is 29.3 Å². The van der Waals surface area contributed by atoms with Crippen LogP contribution in [0.4, 0.5) is 0 Å². The number of benzene rings is 1. The summed E-state index contributed by atoms with van der Waals surface area (Å²) < 4.78 is 0. The van der Waals surface area contributed by atoms with Crippen molar-refractivity contribution in [2.75, 3.05) is 13.1 Å². The Balaban J connectivity index is 1.73. The molecule has 3 rings (SSSR count). The molecule has 1 saturated heterocycles. The Hall–Kier alpha value is -0.280. The highest BCUT2D eigenvalue weighted by atomic mass is 35.5. The molecule has 1 aliphatic carbocycles. The van der Waals surface area contributed by atoms with Crippen molar-refractivity contribution in [3.8, 4) is 0 Å². The van der Waals surface area contributed by atoms with Crippen LogP contribution in [0.5, 0.6) is 0 Å². The third-order valence-electron chi connectivity index (χ3n) is 4.19. The number of rotatable bonds is 3. The van der Waals surface area contributed by atoms with Gasteiger partial charge in [-0.25, -0.2) is 0 Å². The van der Waals surface area contributed by atoms with E-state index in [0.29, 0.717) is 22.1 Å². The summed E-state index contributed by atoms with van der Waals surface area (Å²) in [4.78, 5) is 2.61. The molecular formula is C15H20Cl2N2. The molecule has 0 amide bonds. The number of nitrogens with one attached hydrogen (secondary N) is 1. The highest BCUT2D eigenvalue weighted by Gasteiger charge is 2.37. The quantitative estimate of drug-likeness (QED) is 0.918. The lowest BCUT2D eigenvalue weighted by atomic mass is 10.0. The predicted octanol–water partition coefficient (Wildman–Crippen LogP) is 3.57. The van der Waals surface area contributed by atoms with Crippen molar-refractivity contribution in [2.24, 2.45) is 5.92 Å². The van der Waals surface area contributed by atoms with Crippen LogP contribution in [0.1, 0.15) is 25.3 Å². The van der Waals surface area contributed by atoms with Gasteiger partial charge in [0.25, 0.3) is 0 Å². The van der Waals surface area contributed by atoms with E-state index in [1.165, 1.54) is 18.4 Å². The van der Waals surface area contributed by atoms with Gasteiger partial charge in [0.15, 0.2) is 0 Å². The summed E-state index contributed by atoms with van der Waals surface area (Å²) in [6, 6.07) is 7.24. The lowest BCUT2D eigenvalue weighted by Gasteiger charge is -2.39. The standard InChI is InChI=1S/C15H20Cl2N2/c1-10-8-19(15(7-18-10)12-3-4-12)9-11-2-5-13(16)14(17)6-11/h2,5-6,10,12,15,18H,3-4,7-9H2,1H3. The summed E-state index contributed by atoms with van der Waals surface area (Å²) in [5, 5.41) is 4.90. The summed E-state index contributed by atoms with van der Waals surface area (Å²) >= 11 is 12.1. The molecule has 1 N–H and O–H groups in total. The average molecular weight is 299 g/mol. The zero-order valence-electron chi connectivity index (χ0n) is 11.2. The topological polar surface area (TPSA) is 15.3 Å². The van der Waals surface area contributed by atoms with E-state index in [2.05, 4.69) is 23.2 Å². The molecule has 1 saturated carbocycles. The van der Waals surface area contributed by atoms with Crippen LogP contribution in [0.15, 0.2) is 18.2 Å². The third-order valence-corrected chi connectivity index (χ3v) is 4.93. The maximum Gasteiger partial charge on any atom is 0.0595 e. The summed E-state index contributed by atoms with van der Waals surface area (Å²) in [7, 11) is 0. The summed E-state index contributed by atoms with van der Waals surface area (Å²) in [5.41, 5.74) is 1.26. The molecule has 0 aromatic heterocycles. The Morgan fingerprint density at radius 2 is 2.05 bits per heavy atom. The monoisotopic (exact) mass is 298 g/mol. The highest BCUT2D eigenvalue weighted by molar-refractivity contribution is 6.42. The number of hydrogen-bond acceptors (Lipinski definition) is 2. The zero-order chi connectivity index (χ0) is 13.4. The van der Waals surface area contributed by atoms with Gasteiger partial charge in [0.2, 0.25) is 0 Å². The van der Waals surface area contributed by atoms with E-state index in [-0.39, 0.29) is 0 Å². The lowest BCUT2D eigenvalue weighted by Crippen LogP contribution is -2.55. The minimum atomic E-state index is 0.567. The number of piperazine rings is 1. The van der Waals surface area contributed by atoms with Crippen molar-refractivity contribution >= 4 is 23.2 Å². The van der Waals surface area contributed by atoms with E-state index in [1.807, 2.05) is 12.1 Å². The Bertz CT molecular complexity index is 459. The lowest BCUT2D eigenvalue weighted by molar-refractivity contribution is 0.112. The largest absolute Gasteiger partial charge is 0.311 e. The molecule has 1 aromatic carbocycles. The Kier molecular flexibility index (Phi) is 4.04. The fourth-order valence-corrected chi connectivity index (χ4v) is 3.32. The molecule has 0 radical (unpaired) electrons. The average Bonchev–Trinajstić information content (AvgIpc) is 3.18. The van der Waals surface area contributed by atoms with Gasteiger partial charge in [-0.2, -0.15) is 0 Å². The molecule has 0 bridgehead atoms. The van der Waals surface area contributed by atoms with E-state index in [1.54, 1.807) is 0 Å². The van der Waals surface area contributed by atoms with Gasteiger partial charge in [0.1, 0.15) is 0 Å². The van der Waals surface area contributed by atoms with Crippen molar-refractivity contribution in [2.45, 2.75) is 38.4 Å². The van der Waals surface area contributed by atoms with E-state index in [4.69, 9.17) is 23.2 Å². The van der Waals surface area contributed by atoms with Crippen LogP contribution in [0.2, 0.25) is 10.0 Å². The third kappa shape index (κ3) is 3.25. The van der Waals surface area contributed by atoms with E-state index in [0.717, 1.165) is 25.6 Å². The minimum absolute atomic E-state index is 0.567. The predicted molar refractivity (Wildman–Crippen MR) is 80.8 cm³/mol.